The molecule has 0 bridgehead atoms. The Hall–Kier alpha value is -1.56. The Morgan fingerprint density at radius 1 is 1.32 bits per heavy atom. The molecule has 0 amide bonds. The Morgan fingerprint density at radius 2 is 1.95 bits per heavy atom. The molecule has 2 rings (SSSR count). The number of para-hydroxylation sites is 1. The Balaban J connectivity index is 2.43. The second-order valence-corrected chi connectivity index (χ2v) is 6.51. The predicted octanol–water partition coefficient (Wildman–Crippen LogP) is 3.85. The Bertz CT molecular complexity index is 619. The Morgan fingerprint density at radius 3 is 2.55 bits per heavy atom. The van der Waals surface area contributed by atoms with Crippen LogP contribution in [-0.4, -0.2) is 25.6 Å². The third-order valence-electron chi connectivity index (χ3n) is 2.89. The van der Waals surface area contributed by atoms with Crippen LogP contribution in [0.1, 0.15) is 18.9 Å². The van der Waals surface area contributed by atoms with Crippen LogP contribution < -0.4 is 4.74 Å². The van der Waals surface area contributed by atoms with Gasteiger partial charge in [0.25, 0.3) is 0 Å². The van der Waals surface area contributed by atoms with E-state index < -0.39 is 20.0 Å². The Kier molecular flexibility index (Phi) is 5.45. The largest absolute Gasteiger partial charge is 0.434 e. The first-order valence-electron chi connectivity index (χ1n) is 6.58. The fraction of sp³-hybridized carbons (Fsp3) is 0.357. The summed E-state index contributed by atoms with van der Waals surface area (Å²) in [4.78, 5) is 11.8. The molecule has 1 fully saturated rings. The molecule has 8 heteroatoms. The van der Waals surface area contributed by atoms with Crippen molar-refractivity contribution >= 4 is 19.5 Å². The quantitative estimate of drug-likeness (QED) is 0.605. The zero-order chi connectivity index (χ0) is 16.2. The maximum Gasteiger partial charge on any atom is 0.387 e. The molecule has 1 aromatic rings. The van der Waals surface area contributed by atoms with Gasteiger partial charge in [-0.15, -0.1) is 0 Å². The van der Waals surface area contributed by atoms with E-state index in [2.05, 4.69) is 4.74 Å². The molecule has 0 N–H and O–H groups in total. The van der Waals surface area contributed by atoms with Crippen LogP contribution in [0.4, 0.5) is 8.78 Å². The number of carbonyl (C=O) groups is 1. The number of benzene rings is 1. The standard InChI is InChI=1S/C14H15F2O5P/c1-10(17)13(22(18)19-7-4-8-20-22)9-11-5-2-3-6-12(11)21-14(15)16/h2-3,5-6,9,14H,4,7-8H2,1H3. The lowest BCUT2D eigenvalue weighted by molar-refractivity contribution is -0.113. The maximum atomic E-state index is 12.6. The highest BCUT2D eigenvalue weighted by Gasteiger charge is 2.35. The van der Waals surface area contributed by atoms with Gasteiger partial charge in [0.15, 0.2) is 5.78 Å². The smallest absolute Gasteiger partial charge is 0.387 e. The van der Waals surface area contributed by atoms with Crippen LogP contribution in [0.15, 0.2) is 29.6 Å². The molecular formula is C14H15F2O5P. The summed E-state index contributed by atoms with van der Waals surface area (Å²) in [6, 6.07) is 5.89. The number of allylic oxidation sites excluding steroid dienone is 1. The van der Waals surface area contributed by atoms with Gasteiger partial charge in [-0.3, -0.25) is 9.36 Å². The van der Waals surface area contributed by atoms with E-state index in [4.69, 9.17) is 9.05 Å². The van der Waals surface area contributed by atoms with Gasteiger partial charge in [-0.05, 0) is 25.5 Å². The molecule has 1 aliphatic heterocycles. The van der Waals surface area contributed by atoms with Crippen molar-refractivity contribution in [3.63, 3.8) is 0 Å². The molecule has 0 radical (unpaired) electrons. The average molecular weight is 332 g/mol. The number of halogens is 2. The van der Waals surface area contributed by atoms with Gasteiger partial charge in [-0.2, -0.15) is 8.78 Å². The van der Waals surface area contributed by atoms with Crippen molar-refractivity contribution in [3.8, 4) is 5.75 Å². The second-order valence-electron chi connectivity index (χ2n) is 4.52. The molecule has 1 aliphatic rings. The van der Waals surface area contributed by atoms with E-state index in [1.54, 1.807) is 6.07 Å². The summed E-state index contributed by atoms with van der Waals surface area (Å²) in [5, 5.41) is -0.183. The Labute approximate surface area is 126 Å². The summed E-state index contributed by atoms with van der Waals surface area (Å²) < 4.78 is 52.1. The number of hydrogen-bond donors (Lipinski definition) is 0. The van der Waals surface area contributed by atoms with Crippen molar-refractivity contribution in [1.29, 1.82) is 0 Å². The number of ether oxygens (including phenoxy) is 1. The molecule has 0 unspecified atom stereocenters. The first-order chi connectivity index (χ1) is 10.4. The van der Waals surface area contributed by atoms with Crippen LogP contribution in [0, 0.1) is 0 Å². The molecule has 0 atom stereocenters. The highest BCUT2D eigenvalue weighted by molar-refractivity contribution is 7.60. The molecule has 120 valence electrons. The van der Waals surface area contributed by atoms with Crippen molar-refractivity contribution in [2.24, 2.45) is 0 Å². The second kappa shape index (κ2) is 7.13. The van der Waals surface area contributed by atoms with Gasteiger partial charge in [0.2, 0.25) is 0 Å². The number of carbonyl (C=O) groups excluding carboxylic acids is 1. The molecular weight excluding hydrogens is 317 g/mol. The molecule has 1 heterocycles. The predicted molar refractivity (Wildman–Crippen MR) is 75.9 cm³/mol. The fourth-order valence-electron chi connectivity index (χ4n) is 1.93. The molecule has 0 aromatic heterocycles. The molecule has 0 spiro atoms. The van der Waals surface area contributed by atoms with Crippen molar-refractivity contribution < 1.29 is 31.9 Å². The lowest BCUT2D eigenvalue weighted by Gasteiger charge is -2.24. The molecule has 0 saturated carbocycles. The number of rotatable bonds is 5. The number of hydrogen-bond acceptors (Lipinski definition) is 5. The van der Waals surface area contributed by atoms with E-state index >= 15 is 0 Å². The minimum Gasteiger partial charge on any atom is -0.434 e. The van der Waals surface area contributed by atoms with Crippen LogP contribution in [0.5, 0.6) is 5.75 Å². The maximum absolute atomic E-state index is 12.6. The average Bonchev–Trinajstić information content (AvgIpc) is 2.46. The minimum absolute atomic E-state index is 0.125. The van der Waals surface area contributed by atoms with E-state index in [0.29, 0.717) is 6.42 Å². The summed E-state index contributed by atoms with van der Waals surface area (Å²) in [6.45, 7) is -1.38. The van der Waals surface area contributed by atoms with Gasteiger partial charge >= 0.3 is 14.2 Å². The number of Topliss-reactive ketones (excluding diaryl/α,β-unsaturated/α-hetero) is 1. The van der Waals surface area contributed by atoms with E-state index in [1.165, 1.54) is 31.2 Å². The topological polar surface area (TPSA) is 61.8 Å². The third kappa shape index (κ3) is 4.00. The molecule has 1 aromatic carbocycles. The summed E-state index contributed by atoms with van der Waals surface area (Å²) in [5.41, 5.74) is 0.195. The van der Waals surface area contributed by atoms with Crippen LogP contribution in [-0.2, 0) is 18.4 Å². The summed E-state index contributed by atoms with van der Waals surface area (Å²) >= 11 is 0. The highest BCUT2D eigenvalue weighted by atomic mass is 31.2. The third-order valence-corrected chi connectivity index (χ3v) is 4.97. The molecule has 5 nitrogen and oxygen atoms in total. The van der Waals surface area contributed by atoms with E-state index in [0.717, 1.165) is 0 Å². The first kappa shape index (κ1) is 16.8. The van der Waals surface area contributed by atoms with E-state index in [1.807, 2.05) is 0 Å². The molecule has 0 aliphatic carbocycles. The molecule has 22 heavy (non-hydrogen) atoms. The summed E-state index contributed by atoms with van der Waals surface area (Å²) in [5.74, 6) is -0.642. The van der Waals surface area contributed by atoms with Crippen LogP contribution in [0.2, 0.25) is 0 Å². The lowest BCUT2D eigenvalue weighted by atomic mass is 10.1. The fourth-order valence-corrected chi connectivity index (χ4v) is 3.70. The van der Waals surface area contributed by atoms with Crippen molar-refractivity contribution in [2.45, 2.75) is 20.0 Å². The number of alkyl halides is 2. The van der Waals surface area contributed by atoms with E-state index in [-0.39, 0.29) is 29.8 Å². The van der Waals surface area contributed by atoms with Crippen molar-refractivity contribution in [2.75, 3.05) is 13.2 Å². The first-order valence-corrected chi connectivity index (χ1v) is 8.13. The summed E-state index contributed by atoms with van der Waals surface area (Å²) in [6.07, 6.45) is 1.78. The van der Waals surface area contributed by atoms with Crippen LogP contribution >= 0.6 is 7.60 Å². The van der Waals surface area contributed by atoms with Gasteiger partial charge in [0.1, 0.15) is 11.1 Å². The van der Waals surface area contributed by atoms with Gasteiger partial charge in [0.05, 0.1) is 13.2 Å². The highest BCUT2D eigenvalue weighted by Crippen LogP contribution is 2.58. The zero-order valence-electron chi connectivity index (χ0n) is 11.8. The number of ketones is 1. The van der Waals surface area contributed by atoms with Crippen LogP contribution in [0.25, 0.3) is 6.08 Å². The lowest BCUT2D eigenvalue weighted by Crippen LogP contribution is -2.12. The van der Waals surface area contributed by atoms with Gasteiger partial charge in [-0.25, -0.2) is 0 Å². The summed E-state index contributed by atoms with van der Waals surface area (Å²) in [7, 11) is -3.73. The van der Waals surface area contributed by atoms with Gasteiger partial charge < -0.3 is 13.8 Å². The van der Waals surface area contributed by atoms with Crippen LogP contribution in [0.3, 0.4) is 0 Å². The minimum atomic E-state index is -3.73. The zero-order valence-corrected chi connectivity index (χ0v) is 12.7. The van der Waals surface area contributed by atoms with Gasteiger partial charge in [-0.1, -0.05) is 18.2 Å². The monoisotopic (exact) mass is 332 g/mol. The van der Waals surface area contributed by atoms with Crippen molar-refractivity contribution in [3.05, 3.63) is 35.1 Å². The van der Waals surface area contributed by atoms with Gasteiger partial charge in [0, 0.05) is 5.56 Å². The normalized spacial score (nSPS) is 18.3. The SMILES string of the molecule is CC(=O)C(=Cc1ccccc1OC(F)F)P1(=O)OCCCO1. The molecule has 1 saturated heterocycles. The van der Waals surface area contributed by atoms with E-state index in [9.17, 15) is 18.1 Å². The van der Waals surface area contributed by atoms with Crippen molar-refractivity contribution in [1.82, 2.24) is 0 Å².